The minimum atomic E-state index is -1.10. The lowest BCUT2D eigenvalue weighted by Crippen LogP contribution is -2.30. The molecule has 0 aliphatic carbocycles. The zero-order valence-corrected chi connectivity index (χ0v) is 10.0. The van der Waals surface area contributed by atoms with E-state index in [2.05, 4.69) is 0 Å². The molecule has 0 radical (unpaired) electrons. The summed E-state index contributed by atoms with van der Waals surface area (Å²) < 4.78 is 13.3. The molecule has 0 atom stereocenters. The fourth-order valence-electron chi connectivity index (χ4n) is 1.59. The molecule has 7 heteroatoms. The number of anilines is 1. The van der Waals surface area contributed by atoms with Gasteiger partial charge in [0.1, 0.15) is 18.0 Å². The summed E-state index contributed by atoms with van der Waals surface area (Å²) in [5, 5.41) is 19.6. The van der Waals surface area contributed by atoms with Crippen molar-refractivity contribution in [1.82, 2.24) is 0 Å². The molecule has 0 heterocycles. The monoisotopic (exact) mass is 256 g/mol. The first-order valence-electron chi connectivity index (χ1n) is 5.28. The van der Waals surface area contributed by atoms with Crippen LogP contribution < -0.4 is 4.90 Å². The molecule has 1 aromatic carbocycles. The zero-order valence-electron chi connectivity index (χ0n) is 10.0. The molecule has 18 heavy (non-hydrogen) atoms. The number of carboxylic acids is 1. The summed E-state index contributed by atoms with van der Waals surface area (Å²) >= 11 is 0. The Hall–Kier alpha value is -2.18. The third-order valence-electron chi connectivity index (χ3n) is 2.50. The van der Waals surface area contributed by atoms with Gasteiger partial charge in [0, 0.05) is 6.54 Å². The van der Waals surface area contributed by atoms with Crippen LogP contribution in [0.15, 0.2) is 12.1 Å². The summed E-state index contributed by atoms with van der Waals surface area (Å²) in [6, 6.07) is 2.11. The highest BCUT2D eigenvalue weighted by atomic mass is 19.1. The second kappa shape index (κ2) is 5.44. The van der Waals surface area contributed by atoms with Crippen LogP contribution in [0.4, 0.5) is 15.8 Å². The van der Waals surface area contributed by atoms with E-state index in [9.17, 15) is 19.3 Å². The molecule has 0 unspecified atom stereocenters. The van der Waals surface area contributed by atoms with Crippen molar-refractivity contribution in [3.05, 3.63) is 33.6 Å². The van der Waals surface area contributed by atoms with E-state index in [1.807, 2.05) is 0 Å². The number of carboxylic acid groups (broad SMARTS) is 1. The molecule has 0 bridgehead atoms. The number of aryl methyl sites for hydroxylation is 1. The molecule has 1 aromatic rings. The van der Waals surface area contributed by atoms with Gasteiger partial charge in [0.05, 0.1) is 11.0 Å². The number of halogens is 1. The topological polar surface area (TPSA) is 83.7 Å². The first-order valence-corrected chi connectivity index (χ1v) is 5.28. The highest BCUT2D eigenvalue weighted by Crippen LogP contribution is 2.30. The summed E-state index contributed by atoms with van der Waals surface area (Å²) in [7, 11) is 0. The van der Waals surface area contributed by atoms with Crippen LogP contribution in [0.5, 0.6) is 0 Å². The molecular weight excluding hydrogens is 243 g/mol. The molecule has 6 nitrogen and oxygen atoms in total. The third-order valence-corrected chi connectivity index (χ3v) is 2.50. The van der Waals surface area contributed by atoms with E-state index in [4.69, 9.17) is 5.11 Å². The predicted octanol–water partition coefficient (Wildman–Crippen LogP) is 1.95. The van der Waals surface area contributed by atoms with Crippen molar-refractivity contribution in [3.8, 4) is 0 Å². The summed E-state index contributed by atoms with van der Waals surface area (Å²) in [6.45, 7) is 3.04. The number of rotatable bonds is 5. The van der Waals surface area contributed by atoms with Gasteiger partial charge in [0.2, 0.25) is 0 Å². The molecule has 0 aliphatic rings. The summed E-state index contributed by atoms with van der Waals surface area (Å²) in [6.07, 6.45) is 0. The maximum Gasteiger partial charge on any atom is 0.323 e. The van der Waals surface area contributed by atoms with Crippen molar-refractivity contribution in [1.29, 1.82) is 0 Å². The van der Waals surface area contributed by atoms with Crippen molar-refractivity contribution in [2.45, 2.75) is 13.8 Å². The number of aliphatic carboxylic acids is 1. The van der Waals surface area contributed by atoms with Crippen LogP contribution in [0.1, 0.15) is 12.5 Å². The average Bonchev–Trinajstić information content (AvgIpc) is 2.28. The van der Waals surface area contributed by atoms with Gasteiger partial charge in [-0.05, 0) is 25.5 Å². The zero-order chi connectivity index (χ0) is 13.9. The Morgan fingerprint density at radius 2 is 2.17 bits per heavy atom. The van der Waals surface area contributed by atoms with E-state index >= 15 is 0 Å². The van der Waals surface area contributed by atoms with Crippen molar-refractivity contribution in [2.24, 2.45) is 0 Å². The van der Waals surface area contributed by atoms with Gasteiger partial charge in [-0.15, -0.1) is 0 Å². The Morgan fingerprint density at radius 1 is 1.56 bits per heavy atom. The molecule has 0 saturated heterocycles. The number of nitrogens with zero attached hydrogens (tertiary/aromatic N) is 2. The standard InChI is InChI=1S/C11H13FN2O4/c1-3-13(6-11(15)16)9-4-7(2)8(12)5-10(9)14(17)18/h4-5H,3,6H2,1-2H3,(H,15,16). The van der Waals surface area contributed by atoms with Gasteiger partial charge < -0.3 is 10.0 Å². The smallest absolute Gasteiger partial charge is 0.323 e. The van der Waals surface area contributed by atoms with E-state index in [-0.39, 0.29) is 24.3 Å². The highest BCUT2D eigenvalue weighted by molar-refractivity contribution is 5.76. The van der Waals surface area contributed by atoms with Crippen LogP contribution >= 0.6 is 0 Å². The Kier molecular flexibility index (Phi) is 4.19. The summed E-state index contributed by atoms with van der Waals surface area (Å²) in [4.78, 5) is 22.1. The van der Waals surface area contributed by atoms with Gasteiger partial charge in [0.25, 0.3) is 5.69 Å². The maximum absolute atomic E-state index is 13.3. The molecule has 98 valence electrons. The molecule has 0 saturated carbocycles. The summed E-state index contributed by atoms with van der Waals surface area (Å²) in [5.41, 5.74) is -0.0792. The Labute approximate surface area is 103 Å². The number of likely N-dealkylation sites (N-methyl/N-ethyl adjacent to an activating group) is 1. The van der Waals surface area contributed by atoms with E-state index < -0.39 is 22.4 Å². The molecule has 0 amide bonds. The largest absolute Gasteiger partial charge is 0.480 e. The van der Waals surface area contributed by atoms with Gasteiger partial charge in [0.15, 0.2) is 0 Å². The molecule has 0 aromatic heterocycles. The lowest BCUT2D eigenvalue weighted by atomic mass is 10.1. The molecule has 0 fully saturated rings. The first kappa shape index (κ1) is 13.9. The van der Waals surface area contributed by atoms with Crippen LogP contribution in [0.3, 0.4) is 0 Å². The minimum absolute atomic E-state index is 0.115. The Morgan fingerprint density at radius 3 is 2.61 bits per heavy atom. The minimum Gasteiger partial charge on any atom is -0.480 e. The van der Waals surface area contributed by atoms with Crippen molar-refractivity contribution < 1.29 is 19.2 Å². The van der Waals surface area contributed by atoms with Crippen molar-refractivity contribution >= 4 is 17.3 Å². The van der Waals surface area contributed by atoms with Gasteiger partial charge in [-0.3, -0.25) is 14.9 Å². The molecule has 1 rings (SSSR count). The SMILES string of the molecule is CCN(CC(=O)O)c1cc(C)c(F)cc1[N+](=O)[O-]. The third kappa shape index (κ3) is 2.93. The van der Waals surface area contributed by atoms with Gasteiger partial charge >= 0.3 is 5.97 Å². The predicted molar refractivity (Wildman–Crippen MR) is 63.3 cm³/mol. The second-order valence-corrected chi connectivity index (χ2v) is 3.76. The lowest BCUT2D eigenvalue weighted by molar-refractivity contribution is -0.384. The van der Waals surface area contributed by atoms with Gasteiger partial charge in [-0.2, -0.15) is 0 Å². The molecule has 1 N–H and O–H groups in total. The van der Waals surface area contributed by atoms with Crippen LogP contribution in [0.2, 0.25) is 0 Å². The van der Waals surface area contributed by atoms with Gasteiger partial charge in [-0.25, -0.2) is 4.39 Å². The second-order valence-electron chi connectivity index (χ2n) is 3.76. The highest BCUT2D eigenvalue weighted by Gasteiger charge is 2.22. The summed E-state index contributed by atoms with van der Waals surface area (Å²) in [5.74, 6) is -1.79. The molecule has 0 spiro atoms. The average molecular weight is 256 g/mol. The van der Waals surface area contributed by atoms with Crippen LogP contribution in [-0.4, -0.2) is 29.1 Å². The van der Waals surface area contributed by atoms with E-state index in [0.717, 1.165) is 6.07 Å². The number of nitro groups is 1. The molecule has 0 aliphatic heterocycles. The Balaban J connectivity index is 3.31. The number of benzene rings is 1. The lowest BCUT2D eigenvalue weighted by Gasteiger charge is -2.21. The van der Waals surface area contributed by atoms with Crippen molar-refractivity contribution in [2.75, 3.05) is 18.0 Å². The van der Waals surface area contributed by atoms with E-state index in [1.54, 1.807) is 6.92 Å². The normalized spacial score (nSPS) is 10.2. The van der Waals surface area contributed by atoms with Crippen LogP contribution in [0.25, 0.3) is 0 Å². The van der Waals surface area contributed by atoms with Crippen molar-refractivity contribution in [3.63, 3.8) is 0 Å². The van der Waals surface area contributed by atoms with E-state index in [1.165, 1.54) is 17.9 Å². The van der Waals surface area contributed by atoms with E-state index in [0.29, 0.717) is 0 Å². The quantitative estimate of drug-likeness (QED) is 0.643. The molecular formula is C11H13FN2O4. The fourth-order valence-corrected chi connectivity index (χ4v) is 1.59. The Bertz CT molecular complexity index is 490. The number of nitro benzene ring substituents is 1. The van der Waals surface area contributed by atoms with Gasteiger partial charge in [-0.1, -0.05) is 0 Å². The maximum atomic E-state index is 13.3. The van der Waals surface area contributed by atoms with Crippen LogP contribution in [-0.2, 0) is 4.79 Å². The fraction of sp³-hybridized carbons (Fsp3) is 0.364. The first-order chi connectivity index (χ1) is 8.36. The van der Waals surface area contributed by atoms with Crippen LogP contribution in [0, 0.1) is 22.9 Å². The number of carbonyl (C=O) groups is 1. The number of hydrogen-bond donors (Lipinski definition) is 1. The number of hydrogen-bond acceptors (Lipinski definition) is 4.